The molecule has 0 aromatic heterocycles. The topological polar surface area (TPSA) is 195 Å². The molecule has 12 nitrogen and oxygen atoms in total. The first-order valence-electron chi connectivity index (χ1n) is 13.0. The molecule has 41 heavy (non-hydrogen) atoms. The molecule has 3 aromatic carbocycles. The van der Waals surface area contributed by atoms with Gasteiger partial charge in [-0.2, -0.15) is 4.72 Å². The number of carbonyl (C=O) groups excluding carboxylic acids is 2. The highest BCUT2D eigenvalue weighted by atomic mass is 32.2. The van der Waals surface area contributed by atoms with Gasteiger partial charge in [-0.1, -0.05) is 42.5 Å². The van der Waals surface area contributed by atoms with E-state index in [1.54, 1.807) is 35.2 Å². The Morgan fingerprint density at radius 2 is 1.76 bits per heavy atom. The van der Waals surface area contributed by atoms with E-state index in [2.05, 4.69) is 15.4 Å². The number of guanidine groups is 1. The number of carboxylic acids is 1. The lowest BCUT2D eigenvalue weighted by molar-refractivity contribution is -0.147. The average Bonchev–Trinajstić information content (AvgIpc) is 2.96. The van der Waals surface area contributed by atoms with Gasteiger partial charge in [0.2, 0.25) is 15.9 Å². The number of rotatable bonds is 9. The molecule has 1 saturated heterocycles. The summed E-state index contributed by atoms with van der Waals surface area (Å²) in [7, 11) is -4.10. The van der Waals surface area contributed by atoms with Gasteiger partial charge >= 0.3 is 11.9 Å². The van der Waals surface area contributed by atoms with Crippen LogP contribution in [0.5, 0.6) is 0 Å². The molecule has 0 radical (unpaired) electrons. The largest absolute Gasteiger partial charge is 0.474 e. The van der Waals surface area contributed by atoms with Gasteiger partial charge in [0.05, 0.1) is 4.90 Å². The van der Waals surface area contributed by atoms with Crippen molar-refractivity contribution in [3.63, 3.8) is 0 Å². The Balaban J connectivity index is 1.52. The normalized spacial score (nSPS) is 16.1. The summed E-state index contributed by atoms with van der Waals surface area (Å²) in [5.41, 5.74) is 6.45. The smallest absolute Gasteiger partial charge is 0.394 e. The molecule has 1 unspecified atom stereocenters. The number of likely N-dealkylation sites (tertiary alicyclic amines) is 1. The van der Waals surface area contributed by atoms with Crippen LogP contribution < -0.4 is 21.1 Å². The van der Waals surface area contributed by atoms with Gasteiger partial charge in [0.1, 0.15) is 6.04 Å². The summed E-state index contributed by atoms with van der Waals surface area (Å²) in [6.07, 6.45) is 1.65. The Bertz CT molecular complexity index is 1560. The summed E-state index contributed by atoms with van der Waals surface area (Å²) in [4.78, 5) is 37.4. The van der Waals surface area contributed by atoms with E-state index in [1.807, 2.05) is 18.2 Å². The van der Waals surface area contributed by atoms with Crippen LogP contribution in [0.3, 0.4) is 0 Å². The zero-order valence-electron chi connectivity index (χ0n) is 22.2. The standard InChI is InChI=1S/C28H32N6O6S/c29-28(30)34-13-3-4-19(17-34)16-31-25(35)24(14-18-7-10-22(11-8-18)32-26(36)27(37)38)33-41(39,40)23-12-9-20-5-1-2-6-21(20)15-23/h1-2,5-12,15,19,24,33H,3-4,13-14,16-17H2,(H3,29,30)(H,31,35)(H,32,36)(H,37,38)/t19?,24-/m1/s1. The zero-order valence-corrected chi connectivity index (χ0v) is 23.0. The molecule has 7 N–H and O–H groups in total. The number of aliphatic carboxylic acids is 1. The predicted molar refractivity (Wildman–Crippen MR) is 154 cm³/mol. The monoisotopic (exact) mass is 580 g/mol. The van der Waals surface area contributed by atoms with E-state index in [0.717, 1.165) is 23.6 Å². The van der Waals surface area contributed by atoms with E-state index in [4.69, 9.17) is 16.2 Å². The Kier molecular flexibility index (Phi) is 9.20. The molecule has 0 saturated carbocycles. The van der Waals surface area contributed by atoms with Crippen molar-refractivity contribution in [2.45, 2.75) is 30.2 Å². The van der Waals surface area contributed by atoms with Crippen LogP contribution in [-0.4, -0.2) is 67.8 Å². The van der Waals surface area contributed by atoms with E-state index < -0.39 is 33.8 Å². The van der Waals surface area contributed by atoms with Crippen LogP contribution in [0.4, 0.5) is 5.69 Å². The highest BCUT2D eigenvalue weighted by Gasteiger charge is 2.28. The number of anilines is 1. The Morgan fingerprint density at radius 3 is 2.44 bits per heavy atom. The van der Waals surface area contributed by atoms with Crippen molar-refractivity contribution in [2.75, 3.05) is 25.0 Å². The summed E-state index contributed by atoms with van der Waals surface area (Å²) in [6.45, 7) is 1.49. The van der Waals surface area contributed by atoms with E-state index in [-0.39, 0.29) is 35.4 Å². The van der Waals surface area contributed by atoms with Crippen molar-refractivity contribution >= 4 is 50.2 Å². The Morgan fingerprint density at radius 1 is 1.05 bits per heavy atom. The van der Waals surface area contributed by atoms with E-state index >= 15 is 0 Å². The number of benzene rings is 3. The van der Waals surface area contributed by atoms with Gasteiger partial charge < -0.3 is 26.4 Å². The van der Waals surface area contributed by atoms with Gasteiger partial charge in [-0.15, -0.1) is 0 Å². The van der Waals surface area contributed by atoms with Gasteiger partial charge in [0.25, 0.3) is 0 Å². The third-order valence-electron chi connectivity index (χ3n) is 6.92. The Labute approximate surface area is 237 Å². The maximum Gasteiger partial charge on any atom is 0.394 e. The van der Waals surface area contributed by atoms with Crippen molar-refractivity contribution in [2.24, 2.45) is 11.7 Å². The molecule has 0 spiro atoms. The average molecular weight is 581 g/mol. The molecule has 2 atom stereocenters. The van der Waals surface area contributed by atoms with Gasteiger partial charge in [-0.25, -0.2) is 13.2 Å². The zero-order chi connectivity index (χ0) is 29.6. The van der Waals surface area contributed by atoms with Crippen molar-refractivity contribution in [1.29, 1.82) is 5.41 Å². The summed E-state index contributed by atoms with van der Waals surface area (Å²) >= 11 is 0. The lowest BCUT2D eigenvalue weighted by Gasteiger charge is -2.33. The van der Waals surface area contributed by atoms with Crippen LogP contribution in [0, 0.1) is 11.3 Å². The van der Waals surface area contributed by atoms with Crippen molar-refractivity contribution in [3.05, 3.63) is 72.3 Å². The van der Waals surface area contributed by atoms with E-state index in [9.17, 15) is 22.8 Å². The molecule has 2 amide bonds. The van der Waals surface area contributed by atoms with Crippen LogP contribution in [0.15, 0.2) is 71.6 Å². The number of hydrogen-bond acceptors (Lipinski definition) is 6. The van der Waals surface area contributed by atoms with Crippen LogP contribution in [0.1, 0.15) is 18.4 Å². The van der Waals surface area contributed by atoms with Gasteiger partial charge in [-0.05, 0) is 65.8 Å². The molecule has 0 aliphatic carbocycles. The van der Waals surface area contributed by atoms with Crippen molar-refractivity contribution in [1.82, 2.24) is 14.9 Å². The second-order valence-corrected chi connectivity index (χ2v) is 11.6. The van der Waals surface area contributed by atoms with Crippen LogP contribution in [0.25, 0.3) is 10.8 Å². The number of carboxylic acid groups (broad SMARTS) is 1. The molecule has 1 heterocycles. The first-order valence-corrected chi connectivity index (χ1v) is 14.5. The van der Waals surface area contributed by atoms with Gasteiger partial charge in [0.15, 0.2) is 5.96 Å². The second-order valence-electron chi connectivity index (χ2n) is 9.93. The fourth-order valence-electron chi connectivity index (χ4n) is 4.74. The number of carbonyl (C=O) groups is 3. The van der Waals surface area contributed by atoms with Crippen LogP contribution in [-0.2, 0) is 30.8 Å². The summed E-state index contributed by atoms with van der Waals surface area (Å²) in [5.74, 6) is -3.31. The van der Waals surface area contributed by atoms with Crippen LogP contribution in [0.2, 0.25) is 0 Å². The SMILES string of the molecule is N=C(N)N1CCCC(CNC(=O)[C@@H](Cc2ccc(NC(=O)C(=O)O)cc2)NS(=O)(=O)c2ccc3ccccc3c2)C1. The third-order valence-corrected chi connectivity index (χ3v) is 8.39. The number of hydrogen-bond donors (Lipinski definition) is 6. The number of nitrogens with one attached hydrogen (secondary N) is 4. The lowest BCUT2D eigenvalue weighted by Crippen LogP contribution is -2.51. The van der Waals surface area contributed by atoms with Gasteiger partial charge in [-0.3, -0.25) is 15.0 Å². The first-order chi connectivity index (χ1) is 19.5. The number of amides is 2. The maximum absolute atomic E-state index is 13.4. The van der Waals surface area contributed by atoms with Crippen molar-refractivity contribution in [3.8, 4) is 0 Å². The fourth-order valence-corrected chi connectivity index (χ4v) is 5.97. The molecule has 1 aliphatic rings. The number of fused-ring (bicyclic) bond motifs is 1. The molecule has 1 aliphatic heterocycles. The molecule has 13 heteroatoms. The highest BCUT2D eigenvalue weighted by Crippen LogP contribution is 2.20. The number of nitrogens with zero attached hydrogens (tertiary/aromatic N) is 1. The first kappa shape index (κ1) is 29.5. The Hall–Kier alpha value is -4.49. The quantitative estimate of drug-likeness (QED) is 0.124. The number of piperidine rings is 1. The molecule has 0 bridgehead atoms. The minimum atomic E-state index is -4.10. The minimum absolute atomic E-state index is 0.00393. The number of sulfonamides is 1. The van der Waals surface area contributed by atoms with Crippen molar-refractivity contribution < 1.29 is 27.9 Å². The molecule has 1 fully saturated rings. The molecular weight excluding hydrogens is 548 g/mol. The maximum atomic E-state index is 13.4. The minimum Gasteiger partial charge on any atom is -0.474 e. The highest BCUT2D eigenvalue weighted by molar-refractivity contribution is 7.89. The van der Waals surface area contributed by atoms with Crippen LogP contribution >= 0.6 is 0 Å². The lowest BCUT2D eigenvalue weighted by atomic mass is 9.98. The summed E-state index contributed by atoms with van der Waals surface area (Å²) < 4.78 is 29.4. The van der Waals surface area contributed by atoms with E-state index in [1.165, 1.54) is 18.2 Å². The summed E-state index contributed by atoms with van der Waals surface area (Å²) in [5, 5.41) is 23.2. The van der Waals surface area contributed by atoms with Gasteiger partial charge in [0, 0.05) is 25.3 Å². The predicted octanol–water partition coefficient (Wildman–Crippen LogP) is 1.47. The fraction of sp³-hybridized carbons (Fsp3) is 0.286. The second kappa shape index (κ2) is 12.8. The molecular formula is C28H32N6O6S. The number of nitrogens with two attached hydrogens (primary N) is 1. The summed E-state index contributed by atoms with van der Waals surface area (Å²) in [6, 6.07) is 17.0. The molecule has 4 rings (SSSR count). The third kappa shape index (κ3) is 7.80. The van der Waals surface area contributed by atoms with E-state index in [0.29, 0.717) is 18.7 Å². The molecule has 216 valence electrons. The molecule has 3 aromatic rings.